The van der Waals surface area contributed by atoms with Gasteiger partial charge in [-0.2, -0.15) is 0 Å². The number of pyridine rings is 1. The predicted molar refractivity (Wildman–Crippen MR) is 48.3 cm³/mol. The molecule has 0 aliphatic rings. The summed E-state index contributed by atoms with van der Waals surface area (Å²) in [6, 6.07) is 3.59. The predicted octanol–water partition coefficient (Wildman–Crippen LogP) is -3.91. The first kappa shape index (κ1) is 12.4. The quantitative estimate of drug-likeness (QED) is 0.483. The molecule has 0 saturated heterocycles. The van der Waals surface area contributed by atoms with E-state index in [1.165, 1.54) is 10.9 Å². The molecule has 0 aliphatic carbocycles. The van der Waals surface area contributed by atoms with E-state index in [1.54, 1.807) is 18.5 Å². The summed E-state index contributed by atoms with van der Waals surface area (Å²) in [7, 11) is 0. The molecule has 0 aliphatic heterocycles. The molecule has 0 fully saturated rings. The van der Waals surface area contributed by atoms with Gasteiger partial charge in [-0.25, -0.2) is 4.68 Å². The summed E-state index contributed by atoms with van der Waals surface area (Å²) in [4.78, 5) is 14.2. The van der Waals surface area contributed by atoms with Crippen LogP contribution >= 0.6 is 0 Å². The number of carbonyl (C=O) groups is 1. The van der Waals surface area contributed by atoms with Crippen molar-refractivity contribution in [1.29, 1.82) is 0 Å². The van der Waals surface area contributed by atoms with Gasteiger partial charge in [-0.05, 0) is 12.1 Å². The molecule has 0 N–H and O–H groups in total. The van der Waals surface area contributed by atoms with E-state index in [9.17, 15) is 9.90 Å². The first-order valence-electron chi connectivity index (χ1n) is 4.26. The topological polar surface area (TPSA) is 83.7 Å². The summed E-state index contributed by atoms with van der Waals surface area (Å²) in [6.07, 6.45) is 4.81. The number of aromatic nitrogens is 4. The Morgan fingerprint density at radius 1 is 1.50 bits per heavy atom. The second kappa shape index (κ2) is 5.44. The minimum atomic E-state index is -1.20. The zero-order valence-electron chi connectivity index (χ0n) is 8.70. The number of carboxylic acid groups (broad SMARTS) is 1. The van der Waals surface area contributed by atoms with Crippen molar-refractivity contribution in [2.45, 2.75) is 6.54 Å². The number of nitrogens with zero attached hydrogens (tertiary/aromatic N) is 4. The molecular formula is C9H7LiN4O2. The van der Waals surface area contributed by atoms with Crippen molar-refractivity contribution in [3.05, 3.63) is 30.7 Å². The molecule has 0 amide bonds. The van der Waals surface area contributed by atoms with Crippen LogP contribution in [0.2, 0.25) is 0 Å². The van der Waals surface area contributed by atoms with Gasteiger partial charge in [0.05, 0.1) is 18.7 Å². The molecule has 2 rings (SSSR count). The second-order valence-corrected chi connectivity index (χ2v) is 2.92. The smallest absolute Gasteiger partial charge is 0.548 e. The van der Waals surface area contributed by atoms with Gasteiger partial charge in [-0.1, -0.05) is 5.21 Å². The number of carbonyl (C=O) groups excluding carboxylic acids is 1. The molecule has 0 unspecified atom stereocenters. The molecule has 0 saturated carbocycles. The summed E-state index contributed by atoms with van der Waals surface area (Å²) in [5, 5.41) is 17.8. The standard InChI is InChI=1S/C9H8N4O2.Li/c14-9(15)6-13-5-8(11-12-13)7-2-1-3-10-4-7;/h1-5H,6H2,(H,14,15);/q;+1/p-1. The minimum absolute atomic E-state index is 0. The fourth-order valence-corrected chi connectivity index (χ4v) is 1.15. The molecular weight excluding hydrogens is 203 g/mol. The van der Waals surface area contributed by atoms with Crippen molar-refractivity contribution in [3.63, 3.8) is 0 Å². The number of aliphatic carboxylic acids is 1. The first-order valence-corrected chi connectivity index (χ1v) is 4.26. The van der Waals surface area contributed by atoms with Crippen molar-refractivity contribution < 1.29 is 28.8 Å². The van der Waals surface area contributed by atoms with Crippen molar-refractivity contribution >= 4 is 5.97 Å². The third kappa shape index (κ3) is 2.92. The summed E-state index contributed by atoms with van der Waals surface area (Å²) >= 11 is 0. The van der Waals surface area contributed by atoms with Crippen LogP contribution in [0, 0.1) is 0 Å². The maximum atomic E-state index is 10.3. The average molecular weight is 210 g/mol. The maximum Gasteiger partial charge on any atom is 1.00 e. The van der Waals surface area contributed by atoms with E-state index in [0.717, 1.165) is 5.56 Å². The van der Waals surface area contributed by atoms with E-state index in [-0.39, 0.29) is 25.4 Å². The van der Waals surface area contributed by atoms with Crippen LogP contribution in [-0.4, -0.2) is 25.9 Å². The van der Waals surface area contributed by atoms with Crippen molar-refractivity contribution in [2.24, 2.45) is 0 Å². The molecule has 16 heavy (non-hydrogen) atoms. The molecule has 2 aromatic rings. The Morgan fingerprint density at radius 2 is 2.31 bits per heavy atom. The van der Waals surface area contributed by atoms with Gasteiger partial charge in [0.2, 0.25) is 0 Å². The number of hydrogen-bond donors (Lipinski definition) is 0. The van der Waals surface area contributed by atoms with Gasteiger partial charge >= 0.3 is 18.9 Å². The normalized spacial score (nSPS) is 9.50. The molecule has 2 heterocycles. The fourth-order valence-electron chi connectivity index (χ4n) is 1.15. The van der Waals surface area contributed by atoms with Crippen LogP contribution in [-0.2, 0) is 11.3 Å². The zero-order valence-corrected chi connectivity index (χ0v) is 8.70. The Balaban J connectivity index is 0.00000128. The molecule has 0 spiro atoms. The van der Waals surface area contributed by atoms with Crippen LogP contribution in [0.25, 0.3) is 11.3 Å². The van der Waals surface area contributed by atoms with E-state index in [0.29, 0.717) is 5.69 Å². The van der Waals surface area contributed by atoms with Gasteiger partial charge in [0, 0.05) is 18.0 Å². The van der Waals surface area contributed by atoms with Crippen LogP contribution < -0.4 is 24.0 Å². The van der Waals surface area contributed by atoms with E-state index in [2.05, 4.69) is 15.3 Å². The van der Waals surface area contributed by atoms with Crippen molar-refractivity contribution in [1.82, 2.24) is 20.0 Å². The van der Waals surface area contributed by atoms with Gasteiger partial charge in [0.15, 0.2) is 0 Å². The van der Waals surface area contributed by atoms with Crippen LogP contribution in [0.15, 0.2) is 30.7 Å². The molecule has 2 aromatic heterocycles. The van der Waals surface area contributed by atoms with Crippen LogP contribution in [0.5, 0.6) is 0 Å². The van der Waals surface area contributed by atoms with E-state index < -0.39 is 5.97 Å². The minimum Gasteiger partial charge on any atom is -0.548 e. The van der Waals surface area contributed by atoms with E-state index >= 15 is 0 Å². The number of carboxylic acids is 1. The third-order valence-electron chi connectivity index (χ3n) is 1.79. The molecule has 0 aromatic carbocycles. The van der Waals surface area contributed by atoms with Gasteiger partial charge in [-0.3, -0.25) is 4.98 Å². The Labute approximate surface area is 103 Å². The average Bonchev–Trinajstić information content (AvgIpc) is 2.67. The van der Waals surface area contributed by atoms with Crippen LogP contribution in [0.1, 0.15) is 0 Å². The van der Waals surface area contributed by atoms with Gasteiger partial charge < -0.3 is 9.90 Å². The molecule has 7 heteroatoms. The Morgan fingerprint density at radius 3 is 2.94 bits per heavy atom. The third-order valence-corrected chi connectivity index (χ3v) is 1.79. The van der Waals surface area contributed by atoms with Crippen LogP contribution in [0.4, 0.5) is 0 Å². The molecule has 0 bridgehead atoms. The summed E-state index contributed by atoms with van der Waals surface area (Å²) in [6.45, 7) is -0.298. The van der Waals surface area contributed by atoms with Crippen LogP contribution in [0.3, 0.4) is 0 Å². The largest absolute Gasteiger partial charge is 1.00 e. The first-order chi connectivity index (χ1) is 7.25. The van der Waals surface area contributed by atoms with Crippen molar-refractivity contribution in [2.75, 3.05) is 0 Å². The van der Waals surface area contributed by atoms with Gasteiger partial charge in [0.25, 0.3) is 0 Å². The number of rotatable bonds is 3. The summed E-state index contributed by atoms with van der Waals surface area (Å²) in [5.74, 6) is -1.20. The monoisotopic (exact) mass is 210 g/mol. The Kier molecular flexibility index (Phi) is 4.23. The Bertz CT molecular complexity index is 471. The fraction of sp³-hybridized carbons (Fsp3) is 0.111. The second-order valence-electron chi connectivity index (χ2n) is 2.92. The summed E-state index contributed by atoms with van der Waals surface area (Å²) < 4.78 is 1.21. The molecule has 0 atom stereocenters. The molecule has 76 valence electrons. The number of hydrogen-bond acceptors (Lipinski definition) is 5. The SMILES string of the molecule is O=C([O-])Cn1cc(-c2cccnc2)nn1.[Li+]. The Hall–Kier alpha value is -1.64. The zero-order chi connectivity index (χ0) is 10.7. The van der Waals surface area contributed by atoms with Gasteiger partial charge in [-0.15, -0.1) is 5.10 Å². The summed E-state index contributed by atoms with van der Waals surface area (Å²) in [5.41, 5.74) is 1.38. The van der Waals surface area contributed by atoms with Crippen molar-refractivity contribution in [3.8, 4) is 11.3 Å². The van der Waals surface area contributed by atoms with E-state index in [1.807, 2.05) is 6.07 Å². The van der Waals surface area contributed by atoms with E-state index in [4.69, 9.17) is 0 Å². The molecule has 6 nitrogen and oxygen atoms in total. The van der Waals surface area contributed by atoms with Gasteiger partial charge in [0.1, 0.15) is 5.69 Å². The maximum absolute atomic E-state index is 10.3. The molecule has 0 radical (unpaired) electrons.